The fourth-order valence-corrected chi connectivity index (χ4v) is 6.60. The largest absolute Gasteiger partial charge is 0.477 e. The van der Waals surface area contributed by atoms with Gasteiger partial charge in [-0.2, -0.15) is 9.36 Å². The van der Waals surface area contributed by atoms with Crippen LogP contribution in [0.1, 0.15) is 18.7 Å². The summed E-state index contributed by atoms with van der Waals surface area (Å²) in [7, 11) is 0. The van der Waals surface area contributed by atoms with Crippen LogP contribution in [0, 0.1) is 0 Å². The lowest BCUT2D eigenvalue weighted by Gasteiger charge is -2.49. The minimum Gasteiger partial charge on any atom is -0.477 e. The highest BCUT2D eigenvalue weighted by Crippen LogP contribution is 2.41. The van der Waals surface area contributed by atoms with Gasteiger partial charge in [0.15, 0.2) is 9.47 Å². The monoisotopic (exact) mass is 540 g/mol. The van der Waals surface area contributed by atoms with E-state index in [1.54, 1.807) is 5.51 Å². The number of rotatable bonds is 9. The average molecular weight is 541 g/mol. The molecule has 1 saturated carbocycles. The number of fused-ring (bicyclic) bond motifs is 1. The quantitative estimate of drug-likeness (QED) is 0.172. The molecule has 2 amide bonds. The van der Waals surface area contributed by atoms with Gasteiger partial charge in [0.1, 0.15) is 28.7 Å². The Bertz CT molecular complexity index is 1190. The molecule has 0 aromatic carbocycles. The number of oxime groups is 1. The summed E-state index contributed by atoms with van der Waals surface area (Å²) in [5, 5.41) is 23.6. The zero-order valence-electron chi connectivity index (χ0n) is 17.1. The van der Waals surface area contributed by atoms with E-state index in [0.29, 0.717) is 21.4 Å². The number of nitrogen functional groups attached to an aromatic ring is 1. The van der Waals surface area contributed by atoms with E-state index in [4.69, 9.17) is 10.6 Å². The summed E-state index contributed by atoms with van der Waals surface area (Å²) in [6.07, 6.45) is 1.61. The second kappa shape index (κ2) is 9.47. The second-order valence-electron chi connectivity index (χ2n) is 7.31. The van der Waals surface area contributed by atoms with Gasteiger partial charge in [-0.15, -0.1) is 22.0 Å². The lowest BCUT2D eigenvalue weighted by atomic mass is 10.0. The number of carboxylic acid groups (broad SMARTS) is 1. The van der Waals surface area contributed by atoms with Crippen molar-refractivity contribution in [2.24, 2.45) is 5.16 Å². The summed E-state index contributed by atoms with van der Waals surface area (Å²) < 4.78 is 4.72. The minimum atomic E-state index is -1.20. The standard InChI is InChI=1S/C17H16N8O5S4/c18-16-21-11(24-34-16)8(23-30-7-1-2-7)12(26)20-9-13(27)25-10(15(28)29)6(3-31-14(9)25)4-32-17-22-19-5-33-17/h5,7,9,14H,1-4H2,(H,20,26)(H,28,29)(H2,18,21,24)/t9-,14+/m1/s1. The molecule has 17 heteroatoms. The van der Waals surface area contributed by atoms with Gasteiger partial charge in [-0.05, 0) is 18.4 Å². The van der Waals surface area contributed by atoms with Gasteiger partial charge in [0.05, 0.1) is 0 Å². The summed E-state index contributed by atoms with van der Waals surface area (Å²) in [5.74, 6) is -1.65. The molecule has 0 unspecified atom stereocenters. The number of nitrogens with two attached hydrogens (primary N) is 1. The molecule has 4 N–H and O–H groups in total. The van der Waals surface area contributed by atoms with Gasteiger partial charge >= 0.3 is 5.97 Å². The Morgan fingerprint density at radius 3 is 2.88 bits per heavy atom. The van der Waals surface area contributed by atoms with Crippen LogP contribution in [0.5, 0.6) is 0 Å². The van der Waals surface area contributed by atoms with Crippen LogP contribution in [0.2, 0.25) is 0 Å². The number of nitrogens with one attached hydrogen (secondary N) is 1. The third kappa shape index (κ3) is 4.59. The Kier molecular flexibility index (Phi) is 6.41. The molecule has 13 nitrogen and oxygen atoms in total. The van der Waals surface area contributed by atoms with Crippen molar-refractivity contribution in [1.29, 1.82) is 0 Å². The average Bonchev–Trinajstić information content (AvgIpc) is 3.30. The van der Waals surface area contributed by atoms with Gasteiger partial charge in [0, 0.05) is 23.0 Å². The summed E-state index contributed by atoms with van der Waals surface area (Å²) in [5.41, 5.74) is 7.58. The molecular weight excluding hydrogens is 525 g/mol. The fourth-order valence-electron chi connectivity index (χ4n) is 3.19. The number of β-lactam (4-membered cyclic amide) rings is 1. The smallest absolute Gasteiger partial charge is 0.352 e. The Hall–Kier alpha value is -2.76. The number of aromatic nitrogens is 4. The van der Waals surface area contributed by atoms with Gasteiger partial charge in [0.25, 0.3) is 11.8 Å². The third-order valence-electron chi connectivity index (χ3n) is 4.93. The number of hydrogen-bond acceptors (Lipinski definition) is 14. The third-order valence-corrected chi connectivity index (χ3v) is 8.76. The number of thioether (sulfide) groups is 2. The van der Waals surface area contributed by atoms with Crippen LogP contribution in [0.15, 0.2) is 26.3 Å². The Morgan fingerprint density at radius 2 is 2.24 bits per heavy atom. The highest BCUT2D eigenvalue weighted by atomic mass is 32.2. The topological polar surface area (TPSA) is 186 Å². The molecule has 1 saturated heterocycles. The molecule has 2 aliphatic heterocycles. The molecule has 178 valence electrons. The predicted molar refractivity (Wildman–Crippen MR) is 125 cm³/mol. The van der Waals surface area contributed by atoms with Crippen molar-refractivity contribution >= 4 is 75.0 Å². The van der Waals surface area contributed by atoms with Crippen molar-refractivity contribution in [3.63, 3.8) is 0 Å². The SMILES string of the molecule is Nc1nc(C(=NOC2CC2)C(=O)N[C@@H]2C(=O)N3C(C(=O)O)=C(CSc4nncs4)CS[C@@H]23)ns1. The van der Waals surface area contributed by atoms with E-state index in [2.05, 4.69) is 30.0 Å². The van der Waals surface area contributed by atoms with E-state index in [-0.39, 0.29) is 28.5 Å². The van der Waals surface area contributed by atoms with E-state index < -0.39 is 29.2 Å². The molecule has 2 aromatic heterocycles. The first kappa shape index (κ1) is 23.0. The Labute approximate surface area is 208 Å². The molecule has 5 rings (SSSR count). The molecule has 34 heavy (non-hydrogen) atoms. The minimum absolute atomic E-state index is 0.00249. The van der Waals surface area contributed by atoms with Gasteiger partial charge in [-0.1, -0.05) is 28.3 Å². The van der Waals surface area contributed by atoms with Crippen molar-refractivity contribution in [2.45, 2.75) is 34.7 Å². The molecule has 4 heterocycles. The molecular formula is C17H16N8O5S4. The first-order valence-corrected chi connectivity index (χ1v) is 13.5. The lowest BCUT2D eigenvalue weighted by Crippen LogP contribution is -2.71. The summed E-state index contributed by atoms with van der Waals surface area (Å²) in [4.78, 5) is 48.4. The van der Waals surface area contributed by atoms with E-state index in [9.17, 15) is 19.5 Å². The zero-order chi connectivity index (χ0) is 23.8. The van der Waals surface area contributed by atoms with E-state index in [0.717, 1.165) is 24.4 Å². The van der Waals surface area contributed by atoms with Crippen LogP contribution in [-0.2, 0) is 19.2 Å². The number of aliphatic carboxylic acids is 1. The summed E-state index contributed by atoms with van der Waals surface area (Å²) in [6, 6.07) is -0.925. The molecule has 0 radical (unpaired) electrons. The molecule has 1 aliphatic carbocycles. The van der Waals surface area contributed by atoms with Crippen LogP contribution in [-0.4, -0.2) is 82.1 Å². The number of carboxylic acids is 1. The van der Waals surface area contributed by atoms with E-state index in [1.807, 2.05) is 0 Å². The number of carbonyl (C=O) groups is 3. The van der Waals surface area contributed by atoms with Crippen LogP contribution < -0.4 is 11.1 Å². The highest BCUT2D eigenvalue weighted by molar-refractivity contribution is 8.01. The molecule has 2 aromatic rings. The first-order chi connectivity index (χ1) is 16.4. The van der Waals surface area contributed by atoms with Gasteiger partial charge in [-0.25, -0.2) is 4.79 Å². The van der Waals surface area contributed by atoms with Crippen LogP contribution in [0.3, 0.4) is 0 Å². The Morgan fingerprint density at radius 1 is 1.41 bits per heavy atom. The maximum Gasteiger partial charge on any atom is 0.352 e. The number of nitrogens with zero attached hydrogens (tertiary/aromatic N) is 6. The van der Waals surface area contributed by atoms with Crippen LogP contribution >= 0.6 is 46.4 Å². The van der Waals surface area contributed by atoms with Crippen LogP contribution in [0.25, 0.3) is 0 Å². The highest BCUT2D eigenvalue weighted by Gasteiger charge is 2.54. The van der Waals surface area contributed by atoms with Crippen molar-refractivity contribution in [3.8, 4) is 0 Å². The fraction of sp³-hybridized carbons (Fsp3) is 0.412. The Balaban J connectivity index is 1.31. The summed E-state index contributed by atoms with van der Waals surface area (Å²) in [6.45, 7) is 0. The number of carbonyl (C=O) groups excluding carboxylic acids is 2. The molecule has 3 aliphatic rings. The maximum atomic E-state index is 13.0. The predicted octanol–water partition coefficient (Wildman–Crippen LogP) is 0.386. The molecule has 0 spiro atoms. The second-order valence-corrected chi connectivity index (χ2v) is 11.3. The number of anilines is 1. The first-order valence-electron chi connectivity index (χ1n) is 9.85. The molecule has 2 fully saturated rings. The van der Waals surface area contributed by atoms with Gasteiger partial charge in [0.2, 0.25) is 11.5 Å². The molecule has 0 bridgehead atoms. The van der Waals surface area contributed by atoms with Gasteiger partial charge in [-0.3, -0.25) is 14.5 Å². The summed E-state index contributed by atoms with van der Waals surface area (Å²) >= 11 is 4.99. The normalized spacial score (nSPS) is 22.3. The van der Waals surface area contributed by atoms with E-state index in [1.165, 1.54) is 39.8 Å². The van der Waals surface area contributed by atoms with Crippen molar-refractivity contribution in [3.05, 3.63) is 22.6 Å². The van der Waals surface area contributed by atoms with Crippen molar-refractivity contribution in [2.75, 3.05) is 17.2 Å². The lowest BCUT2D eigenvalue weighted by molar-refractivity contribution is -0.150. The van der Waals surface area contributed by atoms with Crippen LogP contribution in [0.4, 0.5) is 5.13 Å². The van der Waals surface area contributed by atoms with Crippen molar-refractivity contribution in [1.82, 2.24) is 29.8 Å². The van der Waals surface area contributed by atoms with Crippen molar-refractivity contribution < 1.29 is 24.3 Å². The molecule has 2 atom stereocenters. The zero-order valence-corrected chi connectivity index (χ0v) is 20.4. The van der Waals surface area contributed by atoms with E-state index >= 15 is 0 Å². The number of hydrogen-bond donors (Lipinski definition) is 3. The van der Waals surface area contributed by atoms with Gasteiger partial charge < -0.3 is 21.0 Å². The number of amides is 2. The maximum absolute atomic E-state index is 13.0.